The number of hydrogen-bond donors (Lipinski definition) is 0. The molecule has 1 fully saturated rings. The molecule has 0 spiro atoms. The minimum atomic E-state index is -0.245. The lowest BCUT2D eigenvalue weighted by molar-refractivity contribution is -0.162. The van der Waals surface area contributed by atoms with Gasteiger partial charge in [0.05, 0.1) is 12.0 Å². The van der Waals surface area contributed by atoms with E-state index in [1.54, 1.807) is 0 Å². The van der Waals surface area contributed by atoms with Crippen molar-refractivity contribution in [2.24, 2.45) is 11.3 Å². The highest BCUT2D eigenvalue weighted by Gasteiger charge is 2.45. The van der Waals surface area contributed by atoms with Gasteiger partial charge in [0.25, 0.3) is 0 Å². The molecule has 2 atom stereocenters. The van der Waals surface area contributed by atoms with Gasteiger partial charge in [-0.2, -0.15) is 0 Å². The van der Waals surface area contributed by atoms with Gasteiger partial charge in [-0.05, 0) is 45.4 Å². The molecular weight excluding hydrogens is 228 g/mol. The van der Waals surface area contributed by atoms with Crippen LogP contribution in [0.4, 0.5) is 0 Å². The van der Waals surface area contributed by atoms with Crippen LogP contribution in [0.25, 0.3) is 0 Å². The van der Waals surface area contributed by atoms with Gasteiger partial charge in [-0.15, -0.1) is 0 Å². The number of ether oxygens (including phenoxy) is 2. The first kappa shape index (κ1) is 15.5. The minimum Gasteiger partial charge on any atom is -0.466 e. The lowest BCUT2D eigenvalue weighted by Crippen LogP contribution is -2.41. The maximum atomic E-state index is 12.3. The summed E-state index contributed by atoms with van der Waals surface area (Å²) in [4.78, 5) is 12.3. The van der Waals surface area contributed by atoms with Gasteiger partial charge in [0.2, 0.25) is 0 Å². The fourth-order valence-corrected chi connectivity index (χ4v) is 3.10. The Bertz CT molecular complexity index is 252. The van der Waals surface area contributed by atoms with Gasteiger partial charge in [-0.1, -0.05) is 19.8 Å². The standard InChI is InChI=1S/C15H28O3/c1-4-17-12-8-11-15(14(16)18-5-2)10-7-6-9-13(15)3/h13H,4-12H2,1-3H3. The van der Waals surface area contributed by atoms with E-state index in [-0.39, 0.29) is 11.4 Å². The Kier molecular flexibility index (Phi) is 6.69. The Hall–Kier alpha value is -0.570. The maximum absolute atomic E-state index is 12.3. The first-order chi connectivity index (χ1) is 8.67. The molecule has 0 aromatic carbocycles. The normalized spacial score (nSPS) is 28.1. The summed E-state index contributed by atoms with van der Waals surface area (Å²) in [6, 6.07) is 0. The van der Waals surface area contributed by atoms with Crippen molar-refractivity contribution >= 4 is 5.97 Å². The second-order valence-electron chi connectivity index (χ2n) is 5.32. The molecule has 0 radical (unpaired) electrons. The van der Waals surface area contributed by atoms with Gasteiger partial charge < -0.3 is 9.47 Å². The number of hydrogen-bond acceptors (Lipinski definition) is 3. The highest BCUT2D eigenvalue weighted by Crippen LogP contribution is 2.45. The molecule has 0 aromatic heterocycles. The quantitative estimate of drug-likeness (QED) is 0.516. The second-order valence-corrected chi connectivity index (χ2v) is 5.32. The van der Waals surface area contributed by atoms with Crippen molar-refractivity contribution in [2.45, 2.75) is 59.3 Å². The third-order valence-electron chi connectivity index (χ3n) is 4.25. The van der Waals surface area contributed by atoms with E-state index < -0.39 is 0 Å². The van der Waals surface area contributed by atoms with Crippen molar-refractivity contribution in [2.75, 3.05) is 19.8 Å². The molecule has 1 rings (SSSR count). The van der Waals surface area contributed by atoms with E-state index in [1.807, 2.05) is 13.8 Å². The highest BCUT2D eigenvalue weighted by molar-refractivity contribution is 5.77. The fraction of sp³-hybridized carbons (Fsp3) is 0.933. The van der Waals surface area contributed by atoms with Crippen LogP contribution in [0.1, 0.15) is 59.3 Å². The molecule has 1 aliphatic rings. The predicted octanol–water partition coefficient (Wildman–Crippen LogP) is 3.56. The summed E-state index contributed by atoms with van der Waals surface area (Å²) in [6.45, 7) is 8.09. The molecule has 0 amide bonds. The third-order valence-corrected chi connectivity index (χ3v) is 4.25. The van der Waals surface area contributed by atoms with Crippen molar-refractivity contribution in [1.29, 1.82) is 0 Å². The number of rotatable bonds is 7. The summed E-state index contributed by atoms with van der Waals surface area (Å²) in [6.07, 6.45) is 6.39. The van der Waals surface area contributed by atoms with Crippen LogP contribution in [0.15, 0.2) is 0 Å². The Balaban J connectivity index is 2.63. The summed E-state index contributed by atoms with van der Waals surface area (Å²) in [7, 11) is 0. The van der Waals surface area contributed by atoms with Crippen LogP contribution in [0.5, 0.6) is 0 Å². The molecule has 0 N–H and O–H groups in total. The number of esters is 1. The molecule has 1 aliphatic carbocycles. The van der Waals surface area contributed by atoms with Crippen LogP contribution in [0.3, 0.4) is 0 Å². The Morgan fingerprint density at radius 3 is 2.67 bits per heavy atom. The molecule has 0 aromatic rings. The predicted molar refractivity (Wildman–Crippen MR) is 72.4 cm³/mol. The van der Waals surface area contributed by atoms with Crippen molar-refractivity contribution in [3.05, 3.63) is 0 Å². The van der Waals surface area contributed by atoms with E-state index in [0.29, 0.717) is 12.5 Å². The van der Waals surface area contributed by atoms with Gasteiger partial charge in [-0.3, -0.25) is 4.79 Å². The Morgan fingerprint density at radius 2 is 2.06 bits per heavy atom. The zero-order valence-corrected chi connectivity index (χ0v) is 12.2. The first-order valence-corrected chi connectivity index (χ1v) is 7.42. The molecule has 3 nitrogen and oxygen atoms in total. The summed E-state index contributed by atoms with van der Waals surface area (Å²) in [5.41, 5.74) is -0.245. The van der Waals surface area contributed by atoms with Crippen LogP contribution in [-0.2, 0) is 14.3 Å². The van der Waals surface area contributed by atoms with Crippen LogP contribution in [0, 0.1) is 11.3 Å². The summed E-state index contributed by atoms with van der Waals surface area (Å²) in [5, 5.41) is 0. The molecule has 106 valence electrons. The monoisotopic (exact) mass is 256 g/mol. The average Bonchev–Trinajstić information content (AvgIpc) is 2.37. The summed E-state index contributed by atoms with van der Waals surface area (Å²) < 4.78 is 10.7. The second kappa shape index (κ2) is 7.78. The summed E-state index contributed by atoms with van der Waals surface area (Å²) >= 11 is 0. The van der Waals surface area contributed by atoms with Crippen molar-refractivity contribution in [1.82, 2.24) is 0 Å². The fourth-order valence-electron chi connectivity index (χ4n) is 3.10. The lowest BCUT2D eigenvalue weighted by Gasteiger charge is -2.40. The van der Waals surface area contributed by atoms with Gasteiger partial charge >= 0.3 is 5.97 Å². The van der Waals surface area contributed by atoms with E-state index in [9.17, 15) is 4.79 Å². The first-order valence-electron chi connectivity index (χ1n) is 7.42. The van der Waals surface area contributed by atoms with Crippen molar-refractivity contribution in [3.63, 3.8) is 0 Å². The maximum Gasteiger partial charge on any atom is 0.312 e. The van der Waals surface area contributed by atoms with Crippen LogP contribution >= 0.6 is 0 Å². The van der Waals surface area contributed by atoms with E-state index in [1.165, 1.54) is 6.42 Å². The van der Waals surface area contributed by atoms with Gasteiger partial charge in [0, 0.05) is 13.2 Å². The molecule has 0 heterocycles. The third kappa shape index (κ3) is 3.71. The molecule has 2 unspecified atom stereocenters. The van der Waals surface area contributed by atoms with Crippen molar-refractivity contribution in [3.8, 4) is 0 Å². The van der Waals surface area contributed by atoms with Crippen molar-refractivity contribution < 1.29 is 14.3 Å². The smallest absolute Gasteiger partial charge is 0.312 e. The van der Waals surface area contributed by atoms with E-state index in [4.69, 9.17) is 9.47 Å². The van der Waals surface area contributed by atoms with Gasteiger partial charge in [0.15, 0.2) is 0 Å². The van der Waals surface area contributed by atoms with Crippen LogP contribution in [0.2, 0.25) is 0 Å². The molecular formula is C15H28O3. The molecule has 0 saturated heterocycles. The Morgan fingerprint density at radius 1 is 1.28 bits per heavy atom. The lowest BCUT2D eigenvalue weighted by atomic mass is 9.64. The van der Waals surface area contributed by atoms with Crippen LogP contribution in [-0.4, -0.2) is 25.8 Å². The van der Waals surface area contributed by atoms with E-state index >= 15 is 0 Å². The van der Waals surface area contributed by atoms with E-state index in [0.717, 1.165) is 45.3 Å². The molecule has 0 aliphatic heterocycles. The molecule has 3 heteroatoms. The molecule has 0 bridgehead atoms. The number of carbonyl (C=O) groups excluding carboxylic acids is 1. The zero-order chi connectivity index (χ0) is 13.4. The van der Waals surface area contributed by atoms with E-state index in [2.05, 4.69) is 6.92 Å². The number of carbonyl (C=O) groups is 1. The van der Waals surface area contributed by atoms with Gasteiger partial charge in [-0.25, -0.2) is 0 Å². The van der Waals surface area contributed by atoms with Crippen LogP contribution < -0.4 is 0 Å². The summed E-state index contributed by atoms with van der Waals surface area (Å²) in [5.74, 6) is 0.459. The minimum absolute atomic E-state index is 0.0219. The largest absolute Gasteiger partial charge is 0.466 e. The Labute approximate surface area is 111 Å². The van der Waals surface area contributed by atoms with Gasteiger partial charge in [0.1, 0.15) is 0 Å². The molecule has 1 saturated carbocycles. The SMILES string of the molecule is CCOCCCC1(C(=O)OCC)CCCCC1C. The zero-order valence-electron chi connectivity index (χ0n) is 12.2. The topological polar surface area (TPSA) is 35.5 Å². The highest BCUT2D eigenvalue weighted by atomic mass is 16.5. The average molecular weight is 256 g/mol. The molecule has 18 heavy (non-hydrogen) atoms.